The second kappa shape index (κ2) is 5.84. The average Bonchev–Trinajstić information content (AvgIpc) is 2.90. The smallest absolute Gasteiger partial charge is 0.168 e. The maximum Gasteiger partial charge on any atom is 0.168 e. The van der Waals surface area contributed by atoms with Crippen molar-refractivity contribution in [1.29, 1.82) is 0 Å². The average molecular weight is 275 g/mol. The molecule has 1 aromatic rings. The van der Waals surface area contributed by atoms with Gasteiger partial charge in [0.05, 0.1) is 13.2 Å². The van der Waals surface area contributed by atoms with Crippen molar-refractivity contribution in [3.8, 4) is 0 Å². The largest absolute Gasteiger partial charge is 0.348 e. The summed E-state index contributed by atoms with van der Waals surface area (Å²) in [7, 11) is 0. The van der Waals surface area contributed by atoms with Gasteiger partial charge in [0.1, 0.15) is 0 Å². The van der Waals surface area contributed by atoms with E-state index >= 15 is 0 Å². The quantitative estimate of drug-likeness (QED) is 0.918. The van der Waals surface area contributed by atoms with Crippen molar-refractivity contribution in [3.05, 3.63) is 35.4 Å². The summed E-state index contributed by atoms with van der Waals surface area (Å²) in [6.07, 6.45) is 4.31. The van der Waals surface area contributed by atoms with Crippen molar-refractivity contribution in [2.45, 2.75) is 57.4 Å². The Kier molecular flexibility index (Phi) is 4.11. The van der Waals surface area contributed by atoms with E-state index in [9.17, 15) is 0 Å². The van der Waals surface area contributed by atoms with Crippen molar-refractivity contribution in [1.82, 2.24) is 5.32 Å². The third-order valence-electron chi connectivity index (χ3n) is 4.59. The molecule has 0 aromatic heterocycles. The lowest BCUT2D eigenvalue weighted by molar-refractivity contribution is -0.179. The molecule has 1 saturated heterocycles. The van der Waals surface area contributed by atoms with Crippen LogP contribution in [-0.2, 0) is 9.47 Å². The molecule has 3 heteroatoms. The van der Waals surface area contributed by atoms with Gasteiger partial charge in [0.15, 0.2) is 5.79 Å². The van der Waals surface area contributed by atoms with Crippen LogP contribution in [0, 0.1) is 6.92 Å². The monoisotopic (exact) mass is 275 g/mol. The molecular weight excluding hydrogens is 250 g/mol. The van der Waals surface area contributed by atoms with Crippen LogP contribution in [0.5, 0.6) is 0 Å². The molecule has 3 rings (SSSR count). The molecule has 1 aliphatic carbocycles. The Balaban J connectivity index is 1.54. The summed E-state index contributed by atoms with van der Waals surface area (Å²) in [5.41, 5.74) is 2.70. The lowest BCUT2D eigenvalue weighted by Crippen LogP contribution is -2.42. The molecule has 2 fully saturated rings. The third-order valence-corrected chi connectivity index (χ3v) is 4.59. The van der Waals surface area contributed by atoms with E-state index in [0.717, 1.165) is 38.9 Å². The maximum atomic E-state index is 5.79. The maximum absolute atomic E-state index is 5.79. The highest BCUT2D eigenvalue weighted by Crippen LogP contribution is 2.36. The highest BCUT2D eigenvalue weighted by Gasteiger charge is 2.40. The molecule has 1 spiro atoms. The zero-order chi connectivity index (χ0) is 14.0. The van der Waals surface area contributed by atoms with Crippen molar-refractivity contribution in [2.75, 3.05) is 13.2 Å². The Labute approximate surface area is 121 Å². The van der Waals surface area contributed by atoms with E-state index < -0.39 is 0 Å². The molecule has 0 unspecified atom stereocenters. The Morgan fingerprint density at radius 2 is 1.90 bits per heavy atom. The van der Waals surface area contributed by atoms with Gasteiger partial charge in [0.25, 0.3) is 0 Å². The molecule has 1 saturated carbocycles. The van der Waals surface area contributed by atoms with Crippen LogP contribution >= 0.6 is 0 Å². The first-order valence-corrected chi connectivity index (χ1v) is 7.77. The highest BCUT2D eigenvalue weighted by molar-refractivity contribution is 5.24. The molecule has 2 aliphatic rings. The van der Waals surface area contributed by atoms with Crippen molar-refractivity contribution >= 4 is 0 Å². The lowest BCUT2D eigenvalue weighted by atomic mass is 9.89. The predicted molar refractivity (Wildman–Crippen MR) is 79.6 cm³/mol. The molecule has 3 nitrogen and oxygen atoms in total. The summed E-state index contributed by atoms with van der Waals surface area (Å²) in [6.45, 7) is 5.92. The van der Waals surface area contributed by atoms with Crippen LogP contribution in [0.15, 0.2) is 24.3 Å². The molecule has 0 amide bonds. The van der Waals surface area contributed by atoms with Gasteiger partial charge in [-0.15, -0.1) is 0 Å². The van der Waals surface area contributed by atoms with Crippen molar-refractivity contribution in [2.24, 2.45) is 0 Å². The lowest BCUT2D eigenvalue weighted by Gasteiger charge is -2.36. The number of hydrogen-bond acceptors (Lipinski definition) is 3. The summed E-state index contributed by atoms with van der Waals surface area (Å²) in [5, 5.41) is 3.76. The van der Waals surface area contributed by atoms with Crippen LogP contribution in [0.1, 0.15) is 49.8 Å². The van der Waals surface area contributed by atoms with E-state index in [2.05, 4.69) is 43.4 Å². The van der Waals surface area contributed by atoms with Crippen LogP contribution in [0.25, 0.3) is 0 Å². The van der Waals surface area contributed by atoms with E-state index in [4.69, 9.17) is 9.47 Å². The van der Waals surface area contributed by atoms with Gasteiger partial charge < -0.3 is 14.8 Å². The van der Waals surface area contributed by atoms with E-state index in [1.807, 2.05) is 0 Å². The Bertz CT molecular complexity index is 444. The summed E-state index contributed by atoms with van der Waals surface area (Å²) in [6, 6.07) is 9.74. The number of aryl methyl sites for hydroxylation is 1. The Morgan fingerprint density at radius 1 is 1.20 bits per heavy atom. The first kappa shape index (κ1) is 14.1. The van der Waals surface area contributed by atoms with Gasteiger partial charge in [-0.1, -0.05) is 29.8 Å². The fraction of sp³-hybridized carbons (Fsp3) is 0.647. The molecule has 1 aliphatic heterocycles. The molecule has 0 radical (unpaired) electrons. The zero-order valence-electron chi connectivity index (χ0n) is 12.5. The highest BCUT2D eigenvalue weighted by atomic mass is 16.7. The fourth-order valence-corrected chi connectivity index (χ4v) is 3.40. The van der Waals surface area contributed by atoms with E-state index in [1.165, 1.54) is 11.1 Å². The van der Waals surface area contributed by atoms with Crippen molar-refractivity contribution < 1.29 is 9.47 Å². The number of nitrogens with one attached hydrogen (secondary N) is 1. The van der Waals surface area contributed by atoms with Gasteiger partial charge in [-0.05, 0) is 32.3 Å². The molecule has 20 heavy (non-hydrogen) atoms. The normalized spacial score (nSPS) is 24.1. The number of hydrogen-bond donors (Lipinski definition) is 1. The summed E-state index contributed by atoms with van der Waals surface area (Å²) < 4.78 is 11.6. The van der Waals surface area contributed by atoms with Crippen LogP contribution in [0.4, 0.5) is 0 Å². The van der Waals surface area contributed by atoms with Gasteiger partial charge >= 0.3 is 0 Å². The second-order valence-electron chi connectivity index (χ2n) is 6.18. The van der Waals surface area contributed by atoms with Crippen molar-refractivity contribution in [3.63, 3.8) is 0 Å². The number of benzene rings is 1. The minimum Gasteiger partial charge on any atom is -0.348 e. The molecule has 1 atom stereocenters. The van der Waals surface area contributed by atoms with Gasteiger partial charge in [0.2, 0.25) is 0 Å². The molecule has 0 bridgehead atoms. The fourth-order valence-electron chi connectivity index (χ4n) is 3.40. The van der Waals surface area contributed by atoms with Gasteiger partial charge in [-0.3, -0.25) is 0 Å². The summed E-state index contributed by atoms with van der Waals surface area (Å²) in [4.78, 5) is 0. The molecule has 110 valence electrons. The van der Waals surface area contributed by atoms with Crippen LogP contribution in [0.2, 0.25) is 0 Å². The SMILES string of the molecule is Cc1cccc([C@H](C)NC2CCC3(CC2)OCCO3)c1. The van der Waals surface area contributed by atoms with E-state index in [0.29, 0.717) is 12.1 Å². The molecule has 1 N–H and O–H groups in total. The summed E-state index contributed by atoms with van der Waals surface area (Å²) in [5.74, 6) is -0.245. The first-order valence-electron chi connectivity index (χ1n) is 7.77. The minimum absolute atomic E-state index is 0.245. The molecule has 1 heterocycles. The predicted octanol–water partition coefficient (Wildman–Crippen LogP) is 3.33. The standard InChI is InChI=1S/C17H25NO2/c1-13-4-3-5-15(12-13)14(2)18-16-6-8-17(9-7-16)19-10-11-20-17/h3-5,12,14,16,18H,6-11H2,1-2H3/t14-/m0/s1. The van der Waals surface area contributed by atoms with E-state index in [-0.39, 0.29) is 5.79 Å². The number of ether oxygens (including phenoxy) is 2. The third kappa shape index (κ3) is 3.05. The minimum atomic E-state index is -0.245. The van der Waals surface area contributed by atoms with Crippen LogP contribution in [-0.4, -0.2) is 25.0 Å². The molecular formula is C17H25NO2. The van der Waals surface area contributed by atoms with E-state index in [1.54, 1.807) is 0 Å². The Morgan fingerprint density at radius 3 is 2.55 bits per heavy atom. The van der Waals surface area contributed by atoms with Gasteiger partial charge in [-0.25, -0.2) is 0 Å². The topological polar surface area (TPSA) is 30.5 Å². The molecule has 1 aromatic carbocycles. The summed E-state index contributed by atoms with van der Waals surface area (Å²) >= 11 is 0. The number of rotatable bonds is 3. The van der Waals surface area contributed by atoms with Gasteiger partial charge in [-0.2, -0.15) is 0 Å². The zero-order valence-corrected chi connectivity index (χ0v) is 12.5. The van der Waals surface area contributed by atoms with Crippen LogP contribution < -0.4 is 5.32 Å². The van der Waals surface area contributed by atoms with Gasteiger partial charge in [0, 0.05) is 24.9 Å². The Hall–Kier alpha value is -0.900. The first-order chi connectivity index (χ1) is 9.67. The van der Waals surface area contributed by atoms with Crippen LogP contribution in [0.3, 0.4) is 0 Å². The second-order valence-corrected chi connectivity index (χ2v) is 6.18.